The van der Waals surface area contributed by atoms with E-state index >= 15 is 0 Å². The van der Waals surface area contributed by atoms with E-state index in [1.54, 1.807) is 6.08 Å². The Balaban J connectivity index is 3.02. The minimum atomic E-state index is 0.104. The van der Waals surface area contributed by atoms with Crippen LogP contribution in [0.2, 0.25) is 0 Å². The third-order valence-electron chi connectivity index (χ3n) is 3.76. The number of hydrogen-bond donors (Lipinski definition) is 0. The van der Waals surface area contributed by atoms with E-state index in [0.717, 1.165) is 19.3 Å². The summed E-state index contributed by atoms with van der Waals surface area (Å²) in [4.78, 5) is 12.1. The van der Waals surface area contributed by atoms with Crippen molar-refractivity contribution in [1.29, 1.82) is 0 Å². The second-order valence-corrected chi connectivity index (χ2v) is 4.83. The summed E-state index contributed by atoms with van der Waals surface area (Å²) < 4.78 is 0. The molecule has 0 aromatic carbocycles. The highest BCUT2D eigenvalue weighted by Gasteiger charge is 2.38. The van der Waals surface area contributed by atoms with Crippen LogP contribution in [-0.2, 0) is 4.79 Å². The van der Waals surface area contributed by atoms with E-state index in [-0.39, 0.29) is 17.1 Å². The van der Waals surface area contributed by atoms with E-state index in [0.29, 0.717) is 0 Å². The zero-order valence-electron chi connectivity index (χ0n) is 10.3. The predicted octanol–water partition coefficient (Wildman–Crippen LogP) is 3.90. The molecule has 0 aromatic heterocycles. The molecular weight excluding hydrogens is 184 g/mol. The molecule has 84 valence electrons. The Morgan fingerprint density at radius 3 is 2.87 bits per heavy atom. The maximum Gasteiger partial charge on any atom is 0.162 e. The van der Waals surface area contributed by atoms with Crippen LogP contribution in [-0.4, -0.2) is 5.78 Å². The Kier molecular flexibility index (Phi) is 3.90. The van der Waals surface area contributed by atoms with Gasteiger partial charge < -0.3 is 0 Å². The normalized spacial score (nSPS) is 31.7. The van der Waals surface area contributed by atoms with Gasteiger partial charge in [-0.25, -0.2) is 0 Å². The number of hydrogen-bond acceptors (Lipinski definition) is 1. The van der Waals surface area contributed by atoms with Crippen molar-refractivity contribution >= 4 is 5.78 Å². The van der Waals surface area contributed by atoms with Gasteiger partial charge in [-0.3, -0.25) is 4.79 Å². The van der Waals surface area contributed by atoms with E-state index in [2.05, 4.69) is 26.8 Å². The van der Waals surface area contributed by atoms with Gasteiger partial charge in [-0.2, -0.15) is 0 Å². The Hall–Kier alpha value is -0.850. The molecule has 15 heavy (non-hydrogen) atoms. The van der Waals surface area contributed by atoms with E-state index in [4.69, 9.17) is 0 Å². The van der Waals surface area contributed by atoms with Crippen molar-refractivity contribution < 1.29 is 4.79 Å². The summed E-state index contributed by atoms with van der Waals surface area (Å²) in [5.74, 6) is 0.378. The number of ketones is 1. The van der Waals surface area contributed by atoms with Crippen LogP contribution in [0.5, 0.6) is 0 Å². The molecule has 0 saturated carbocycles. The third-order valence-corrected chi connectivity index (χ3v) is 3.76. The fraction of sp³-hybridized carbons (Fsp3) is 0.643. The smallest absolute Gasteiger partial charge is 0.162 e. The van der Waals surface area contributed by atoms with Gasteiger partial charge >= 0.3 is 0 Å². The van der Waals surface area contributed by atoms with Crippen LogP contribution in [0.25, 0.3) is 0 Å². The maximum atomic E-state index is 12.1. The van der Waals surface area contributed by atoms with Gasteiger partial charge in [0.1, 0.15) is 0 Å². The van der Waals surface area contributed by atoms with Crippen LogP contribution >= 0.6 is 0 Å². The molecule has 1 aliphatic carbocycles. The number of allylic oxidation sites excluding steroid dienone is 4. The van der Waals surface area contributed by atoms with Crippen molar-refractivity contribution in [1.82, 2.24) is 0 Å². The van der Waals surface area contributed by atoms with Gasteiger partial charge in [0, 0.05) is 5.92 Å². The van der Waals surface area contributed by atoms with Gasteiger partial charge in [0.15, 0.2) is 5.78 Å². The molecule has 0 amide bonds. The first-order valence-electron chi connectivity index (χ1n) is 5.88. The van der Waals surface area contributed by atoms with Gasteiger partial charge in [-0.05, 0) is 44.6 Å². The SMILES string of the molecule is C/C=C/C(=O)[C@@H]1C(C)=CCC[C@@]1(C)CC. The van der Waals surface area contributed by atoms with E-state index in [9.17, 15) is 4.79 Å². The Labute approximate surface area is 93.3 Å². The van der Waals surface area contributed by atoms with Crippen molar-refractivity contribution in [3.05, 3.63) is 23.8 Å². The summed E-state index contributed by atoms with van der Waals surface area (Å²) in [5.41, 5.74) is 1.42. The lowest BCUT2D eigenvalue weighted by Gasteiger charge is -2.39. The van der Waals surface area contributed by atoms with Crippen molar-refractivity contribution in [3.8, 4) is 0 Å². The fourth-order valence-electron chi connectivity index (χ4n) is 2.65. The van der Waals surface area contributed by atoms with Crippen molar-refractivity contribution in [2.45, 2.75) is 47.0 Å². The van der Waals surface area contributed by atoms with Gasteiger partial charge in [-0.1, -0.05) is 31.6 Å². The fourth-order valence-corrected chi connectivity index (χ4v) is 2.65. The second-order valence-electron chi connectivity index (χ2n) is 4.83. The highest BCUT2D eigenvalue weighted by atomic mass is 16.1. The standard InChI is InChI=1S/C14H22O/c1-5-8-12(15)13-11(3)9-7-10-14(13,4)6-2/h5,8-9,13H,6-7,10H2,1-4H3/b8-5+/t13-,14+/m0/s1. The lowest BCUT2D eigenvalue weighted by atomic mass is 9.64. The maximum absolute atomic E-state index is 12.1. The summed E-state index contributed by atoms with van der Waals surface area (Å²) in [5, 5.41) is 0. The van der Waals surface area contributed by atoms with Gasteiger partial charge in [0.05, 0.1) is 0 Å². The lowest BCUT2D eigenvalue weighted by molar-refractivity contribution is -0.120. The zero-order chi connectivity index (χ0) is 11.5. The molecule has 0 N–H and O–H groups in total. The van der Waals surface area contributed by atoms with Crippen LogP contribution in [0.3, 0.4) is 0 Å². The van der Waals surface area contributed by atoms with E-state index in [1.165, 1.54) is 5.57 Å². The molecule has 0 heterocycles. The van der Waals surface area contributed by atoms with E-state index in [1.807, 2.05) is 13.0 Å². The Bertz CT molecular complexity index is 298. The summed E-state index contributed by atoms with van der Waals surface area (Å²) in [7, 11) is 0. The second kappa shape index (κ2) is 4.78. The molecule has 1 heteroatoms. The molecule has 1 aliphatic rings. The Morgan fingerprint density at radius 2 is 2.33 bits per heavy atom. The third kappa shape index (κ3) is 2.39. The highest BCUT2D eigenvalue weighted by molar-refractivity contribution is 5.94. The number of carbonyl (C=O) groups excluding carboxylic acids is 1. The largest absolute Gasteiger partial charge is 0.294 e. The molecule has 0 radical (unpaired) electrons. The first-order valence-corrected chi connectivity index (χ1v) is 5.88. The van der Waals surface area contributed by atoms with Crippen LogP contribution in [0.15, 0.2) is 23.8 Å². The minimum Gasteiger partial charge on any atom is -0.294 e. The van der Waals surface area contributed by atoms with Gasteiger partial charge in [0.25, 0.3) is 0 Å². The van der Waals surface area contributed by atoms with Crippen molar-refractivity contribution in [3.63, 3.8) is 0 Å². The van der Waals surface area contributed by atoms with Gasteiger partial charge in [0.2, 0.25) is 0 Å². The monoisotopic (exact) mass is 206 g/mol. The first-order chi connectivity index (χ1) is 7.05. The Morgan fingerprint density at radius 1 is 1.67 bits per heavy atom. The molecule has 0 saturated heterocycles. The highest BCUT2D eigenvalue weighted by Crippen LogP contribution is 2.44. The topological polar surface area (TPSA) is 17.1 Å². The molecule has 0 fully saturated rings. The quantitative estimate of drug-likeness (QED) is 0.505. The molecule has 0 aliphatic heterocycles. The summed E-state index contributed by atoms with van der Waals surface area (Å²) >= 11 is 0. The van der Waals surface area contributed by atoms with Crippen LogP contribution in [0.4, 0.5) is 0 Å². The minimum absolute atomic E-state index is 0.104. The van der Waals surface area contributed by atoms with Gasteiger partial charge in [-0.15, -0.1) is 0 Å². The first kappa shape index (κ1) is 12.2. The average Bonchev–Trinajstić information content (AvgIpc) is 2.18. The van der Waals surface area contributed by atoms with Crippen LogP contribution in [0.1, 0.15) is 47.0 Å². The molecule has 0 spiro atoms. The molecule has 0 bridgehead atoms. The summed E-state index contributed by atoms with van der Waals surface area (Å²) in [6.07, 6.45) is 9.13. The van der Waals surface area contributed by atoms with Crippen LogP contribution in [0, 0.1) is 11.3 Å². The molecular formula is C14H22O. The number of rotatable bonds is 3. The molecule has 2 atom stereocenters. The molecule has 0 aromatic rings. The predicted molar refractivity (Wildman–Crippen MR) is 64.7 cm³/mol. The van der Waals surface area contributed by atoms with Crippen LogP contribution < -0.4 is 0 Å². The van der Waals surface area contributed by atoms with Crippen molar-refractivity contribution in [2.24, 2.45) is 11.3 Å². The number of carbonyl (C=O) groups is 1. The molecule has 0 unspecified atom stereocenters. The van der Waals surface area contributed by atoms with Crippen molar-refractivity contribution in [2.75, 3.05) is 0 Å². The average molecular weight is 206 g/mol. The van der Waals surface area contributed by atoms with E-state index < -0.39 is 0 Å². The lowest BCUT2D eigenvalue weighted by Crippen LogP contribution is -2.35. The summed E-state index contributed by atoms with van der Waals surface area (Å²) in [6, 6.07) is 0. The zero-order valence-corrected chi connectivity index (χ0v) is 10.3. The molecule has 1 rings (SSSR count). The summed E-state index contributed by atoms with van der Waals surface area (Å²) in [6.45, 7) is 8.44. The molecule has 1 nitrogen and oxygen atoms in total.